The molecule has 1 aromatic heterocycles. The van der Waals surface area contributed by atoms with Crippen molar-refractivity contribution in [1.29, 1.82) is 0 Å². The van der Waals surface area contributed by atoms with E-state index in [0.717, 1.165) is 50.7 Å². The molecule has 1 heterocycles. The third-order valence-electron chi connectivity index (χ3n) is 2.68. The Balaban J connectivity index is 2.16. The van der Waals surface area contributed by atoms with Gasteiger partial charge in [0.05, 0.1) is 0 Å². The summed E-state index contributed by atoms with van der Waals surface area (Å²) in [6.45, 7) is 5.19. The van der Waals surface area contributed by atoms with Crippen LogP contribution in [0, 0.1) is 0 Å². The van der Waals surface area contributed by atoms with Gasteiger partial charge in [-0.1, -0.05) is 17.7 Å². The van der Waals surface area contributed by atoms with Gasteiger partial charge in [-0.3, -0.25) is 4.99 Å². The first-order chi connectivity index (χ1) is 9.76. The highest BCUT2D eigenvalue weighted by atomic mass is 35.5. The molecule has 20 heavy (non-hydrogen) atoms. The van der Waals surface area contributed by atoms with Gasteiger partial charge in [0.1, 0.15) is 5.15 Å². The molecule has 0 aromatic carbocycles. The summed E-state index contributed by atoms with van der Waals surface area (Å²) in [4.78, 5) is 8.22. The van der Waals surface area contributed by atoms with E-state index in [4.69, 9.17) is 16.3 Å². The molecule has 0 atom stereocenters. The fourth-order valence-electron chi connectivity index (χ4n) is 1.63. The Bertz CT molecular complexity index is 395. The van der Waals surface area contributed by atoms with Gasteiger partial charge < -0.3 is 15.4 Å². The number of guanidine groups is 1. The van der Waals surface area contributed by atoms with E-state index in [1.807, 2.05) is 13.0 Å². The Morgan fingerprint density at radius 1 is 1.35 bits per heavy atom. The summed E-state index contributed by atoms with van der Waals surface area (Å²) in [7, 11) is 1.77. The van der Waals surface area contributed by atoms with Crippen LogP contribution in [0.2, 0.25) is 5.15 Å². The van der Waals surface area contributed by atoms with Crippen molar-refractivity contribution in [2.75, 3.05) is 33.4 Å². The van der Waals surface area contributed by atoms with E-state index < -0.39 is 0 Å². The van der Waals surface area contributed by atoms with Crippen LogP contribution in [-0.2, 0) is 11.2 Å². The zero-order chi connectivity index (χ0) is 14.6. The van der Waals surface area contributed by atoms with Crippen LogP contribution >= 0.6 is 11.6 Å². The summed E-state index contributed by atoms with van der Waals surface area (Å²) in [5.41, 5.74) is 1.15. The lowest BCUT2D eigenvalue weighted by Crippen LogP contribution is -2.39. The van der Waals surface area contributed by atoms with Gasteiger partial charge in [0.25, 0.3) is 0 Å². The molecule has 2 N–H and O–H groups in total. The van der Waals surface area contributed by atoms with Crippen LogP contribution in [0.3, 0.4) is 0 Å². The van der Waals surface area contributed by atoms with Crippen LogP contribution in [0.25, 0.3) is 0 Å². The Labute approximate surface area is 125 Å². The van der Waals surface area contributed by atoms with Crippen LogP contribution in [0.5, 0.6) is 0 Å². The molecule has 0 fully saturated rings. The van der Waals surface area contributed by atoms with Crippen molar-refractivity contribution >= 4 is 17.6 Å². The average molecular weight is 299 g/mol. The highest BCUT2D eigenvalue weighted by Gasteiger charge is 1.98. The fraction of sp³-hybridized carbons (Fsp3) is 0.571. The number of aromatic nitrogens is 1. The molecule has 112 valence electrons. The summed E-state index contributed by atoms with van der Waals surface area (Å²) in [5.74, 6) is 0.809. The van der Waals surface area contributed by atoms with Gasteiger partial charge in [-0.05, 0) is 31.4 Å². The van der Waals surface area contributed by atoms with Gasteiger partial charge in [-0.25, -0.2) is 4.98 Å². The molecule has 0 spiro atoms. The number of halogens is 1. The molecule has 1 rings (SSSR count). The van der Waals surface area contributed by atoms with Crippen LogP contribution < -0.4 is 10.6 Å². The first kappa shape index (κ1) is 16.7. The highest BCUT2D eigenvalue weighted by Crippen LogP contribution is 2.05. The summed E-state index contributed by atoms with van der Waals surface area (Å²) in [6.07, 6.45) is 3.64. The van der Waals surface area contributed by atoms with Gasteiger partial charge >= 0.3 is 0 Å². The summed E-state index contributed by atoms with van der Waals surface area (Å²) < 4.78 is 5.28. The van der Waals surface area contributed by atoms with Crippen molar-refractivity contribution in [2.24, 2.45) is 4.99 Å². The second-order valence-electron chi connectivity index (χ2n) is 4.22. The minimum atomic E-state index is 0.522. The minimum absolute atomic E-state index is 0.522. The number of nitrogens with zero attached hydrogens (tertiary/aromatic N) is 2. The summed E-state index contributed by atoms with van der Waals surface area (Å²) >= 11 is 5.75. The van der Waals surface area contributed by atoms with Crippen LogP contribution in [0.15, 0.2) is 23.3 Å². The van der Waals surface area contributed by atoms with Gasteiger partial charge in [-0.2, -0.15) is 0 Å². The Morgan fingerprint density at radius 3 is 2.80 bits per heavy atom. The van der Waals surface area contributed by atoms with Gasteiger partial charge in [0.15, 0.2) is 5.96 Å². The molecule has 6 heteroatoms. The molecule has 0 aliphatic carbocycles. The second-order valence-corrected chi connectivity index (χ2v) is 4.60. The smallest absolute Gasteiger partial charge is 0.190 e. The van der Waals surface area contributed by atoms with Gasteiger partial charge in [0, 0.05) is 39.5 Å². The van der Waals surface area contributed by atoms with Crippen molar-refractivity contribution in [3.63, 3.8) is 0 Å². The molecule has 5 nitrogen and oxygen atoms in total. The van der Waals surface area contributed by atoms with Crippen LogP contribution in [0.1, 0.15) is 18.9 Å². The quantitative estimate of drug-likeness (QED) is 0.333. The number of hydrogen-bond acceptors (Lipinski definition) is 3. The lowest BCUT2D eigenvalue weighted by molar-refractivity contribution is 0.145. The topological polar surface area (TPSA) is 58.5 Å². The SMILES string of the molecule is CCOCCCNC(=NC)NCCc1ccc(Cl)nc1. The lowest BCUT2D eigenvalue weighted by atomic mass is 10.2. The number of aliphatic imine (C=N–C) groups is 1. The van der Waals surface area contributed by atoms with E-state index in [1.54, 1.807) is 19.3 Å². The maximum atomic E-state index is 5.75. The second kappa shape index (κ2) is 10.5. The Hall–Kier alpha value is -1.33. The molecule has 0 aliphatic rings. The van der Waals surface area contributed by atoms with Crippen molar-refractivity contribution < 1.29 is 4.74 Å². The highest BCUT2D eigenvalue weighted by molar-refractivity contribution is 6.29. The van der Waals surface area contributed by atoms with Gasteiger partial charge in [0.2, 0.25) is 0 Å². The van der Waals surface area contributed by atoms with Gasteiger partial charge in [-0.15, -0.1) is 0 Å². The molecule has 0 unspecified atom stereocenters. The van der Waals surface area contributed by atoms with E-state index in [0.29, 0.717) is 5.15 Å². The van der Waals surface area contributed by atoms with E-state index in [2.05, 4.69) is 20.6 Å². The maximum Gasteiger partial charge on any atom is 0.190 e. The summed E-state index contributed by atoms with van der Waals surface area (Å²) in [5, 5.41) is 7.03. The van der Waals surface area contributed by atoms with Crippen molar-refractivity contribution in [2.45, 2.75) is 19.8 Å². The predicted octanol–water partition coefficient (Wildman–Crippen LogP) is 1.87. The van der Waals surface area contributed by atoms with Crippen LogP contribution in [0.4, 0.5) is 0 Å². The largest absolute Gasteiger partial charge is 0.382 e. The average Bonchev–Trinajstić information content (AvgIpc) is 2.47. The van der Waals surface area contributed by atoms with E-state index in [-0.39, 0.29) is 0 Å². The molecule has 0 saturated carbocycles. The van der Waals surface area contributed by atoms with Crippen molar-refractivity contribution in [3.05, 3.63) is 29.0 Å². The molecule has 0 aliphatic heterocycles. The molecule has 0 amide bonds. The molecular weight excluding hydrogens is 276 g/mol. The fourth-order valence-corrected chi connectivity index (χ4v) is 1.74. The third kappa shape index (κ3) is 7.31. The number of nitrogens with one attached hydrogen (secondary N) is 2. The standard InChI is InChI=1S/C14H23ClN4O/c1-3-20-10-4-8-17-14(16-2)18-9-7-12-5-6-13(15)19-11-12/h5-6,11H,3-4,7-10H2,1-2H3,(H2,16,17,18). The number of rotatable bonds is 8. The van der Waals surface area contributed by atoms with Crippen molar-refractivity contribution in [3.8, 4) is 0 Å². The first-order valence-electron chi connectivity index (χ1n) is 6.89. The number of ether oxygens (including phenoxy) is 1. The normalized spacial score (nSPS) is 11.4. The third-order valence-corrected chi connectivity index (χ3v) is 2.90. The molecular formula is C14H23ClN4O. The van der Waals surface area contributed by atoms with E-state index in [9.17, 15) is 0 Å². The molecule has 1 aromatic rings. The van der Waals surface area contributed by atoms with E-state index in [1.165, 1.54) is 0 Å². The van der Waals surface area contributed by atoms with E-state index >= 15 is 0 Å². The van der Waals surface area contributed by atoms with Crippen molar-refractivity contribution in [1.82, 2.24) is 15.6 Å². The Kier molecular flexibility index (Phi) is 8.74. The zero-order valence-corrected chi connectivity index (χ0v) is 12.9. The monoisotopic (exact) mass is 298 g/mol. The molecule has 0 bridgehead atoms. The minimum Gasteiger partial charge on any atom is -0.382 e. The molecule has 0 radical (unpaired) electrons. The maximum absolute atomic E-state index is 5.75. The number of hydrogen-bond donors (Lipinski definition) is 2. The zero-order valence-electron chi connectivity index (χ0n) is 12.2. The van der Waals surface area contributed by atoms with Crippen LogP contribution in [-0.4, -0.2) is 44.3 Å². The predicted molar refractivity (Wildman–Crippen MR) is 83.4 cm³/mol. The lowest BCUT2D eigenvalue weighted by Gasteiger charge is -2.11. The summed E-state index contributed by atoms with van der Waals surface area (Å²) in [6, 6.07) is 3.78. The molecule has 0 saturated heterocycles. The Morgan fingerprint density at radius 2 is 2.15 bits per heavy atom. The number of pyridine rings is 1. The first-order valence-corrected chi connectivity index (χ1v) is 7.26.